The molecule has 0 saturated heterocycles. The minimum absolute atomic E-state index is 0.230. The minimum Gasteiger partial charge on any atom is -0.508 e. The largest absolute Gasteiger partial charge is 0.508 e. The van der Waals surface area contributed by atoms with Crippen LogP contribution >= 0.6 is 0 Å². The highest BCUT2D eigenvalue weighted by Crippen LogP contribution is 2.19. The van der Waals surface area contributed by atoms with Crippen LogP contribution in [-0.2, 0) is 17.6 Å². The number of aromatic hydroxyl groups is 1. The highest BCUT2D eigenvalue weighted by Gasteiger charge is 2.17. The van der Waals surface area contributed by atoms with E-state index in [1.54, 1.807) is 18.2 Å². The van der Waals surface area contributed by atoms with Crippen molar-refractivity contribution in [3.8, 4) is 5.75 Å². The first-order valence-electron chi connectivity index (χ1n) is 7.70. The Bertz CT molecular complexity index is 593. The van der Waals surface area contributed by atoms with Gasteiger partial charge >= 0.3 is 5.97 Å². The number of carboxylic acids is 1. The predicted octanol–water partition coefficient (Wildman–Crippen LogP) is 4.05. The van der Waals surface area contributed by atoms with Crippen LogP contribution in [0, 0.1) is 5.92 Å². The van der Waals surface area contributed by atoms with Gasteiger partial charge < -0.3 is 10.2 Å². The molecule has 0 aliphatic heterocycles. The Morgan fingerprint density at radius 1 is 0.909 bits per heavy atom. The predicted molar refractivity (Wildman–Crippen MR) is 86.9 cm³/mol. The van der Waals surface area contributed by atoms with Gasteiger partial charge in [-0.25, -0.2) is 0 Å². The van der Waals surface area contributed by atoms with Gasteiger partial charge in [0, 0.05) is 0 Å². The summed E-state index contributed by atoms with van der Waals surface area (Å²) in [6.45, 7) is 0. The van der Waals surface area contributed by atoms with Gasteiger partial charge in [0.05, 0.1) is 5.92 Å². The highest BCUT2D eigenvalue weighted by atomic mass is 16.4. The van der Waals surface area contributed by atoms with Gasteiger partial charge in [-0.05, 0) is 55.4 Å². The summed E-state index contributed by atoms with van der Waals surface area (Å²) in [5.74, 6) is -0.826. The van der Waals surface area contributed by atoms with Crippen molar-refractivity contribution in [1.82, 2.24) is 0 Å². The number of phenols is 1. The third-order valence-electron chi connectivity index (χ3n) is 3.90. The van der Waals surface area contributed by atoms with Crippen LogP contribution < -0.4 is 0 Å². The summed E-state index contributed by atoms with van der Waals surface area (Å²) in [5, 5.41) is 18.8. The molecule has 2 N–H and O–H groups in total. The SMILES string of the molecule is O=C(O)C(CCCc1ccccc1)CCc1cccc(O)c1. The molecule has 0 bridgehead atoms. The zero-order valence-corrected chi connectivity index (χ0v) is 12.6. The number of carboxylic acid groups (broad SMARTS) is 1. The number of aryl methyl sites for hydroxylation is 2. The Morgan fingerprint density at radius 3 is 2.32 bits per heavy atom. The summed E-state index contributed by atoms with van der Waals surface area (Å²) in [5.41, 5.74) is 2.23. The van der Waals surface area contributed by atoms with Gasteiger partial charge in [0.1, 0.15) is 5.75 Å². The van der Waals surface area contributed by atoms with Crippen LogP contribution in [0.25, 0.3) is 0 Å². The van der Waals surface area contributed by atoms with E-state index in [0.717, 1.165) is 18.4 Å². The molecule has 1 atom stereocenters. The van der Waals surface area contributed by atoms with Gasteiger partial charge in [-0.2, -0.15) is 0 Å². The van der Waals surface area contributed by atoms with Crippen molar-refractivity contribution in [1.29, 1.82) is 0 Å². The maximum Gasteiger partial charge on any atom is 0.306 e. The monoisotopic (exact) mass is 298 g/mol. The smallest absolute Gasteiger partial charge is 0.306 e. The lowest BCUT2D eigenvalue weighted by molar-refractivity contribution is -0.142. The first-order valence-corrected chi connectivity index (χ1v) is 7.70. The van der Waals surface area contributed by atoms with E-state index in [9.17, 15) is 15.0 Å². The molecule has 0 aliphatic rings. The molecular weight excluding hydrogens is 276 g/mol. The van der Waals surface area contributed by atoms with Crippen LogP contribution in [0.5, 0.6) is 5.75 Å². The summed E-state index contributed by atoms with van der Waals surface area (Å²) in [7, 11) is 0. The van der Waals surface area contributed by atoms with E-state index in [-0.39, 0.29) is 11.7 Å². The van der Waals surface area contributed by atoms with E-state index >= 15 is 0 Å². The topological polar surface area (TPSA) is 57.5 Å². The first-order chi connectivity index (χ1) is 10.6. The molecule has 0 amide bonds. The van der Waals surface area contributed by atoms with Crippen LogP contribution in [0.1, 0.15) is 30.4 Å². The van der Waals surface area contributed by atoms with E-state index < -0.39 is 5.97 Å². The van der Waals surface area contributed by atoms with E-state index in [2.05, 4.69) is 12.1 Å². The highest BCUT2D eigenvalue weighted by molar-refractivity contribution is 5.69. The fourth-order valence-corrected chi connectivity index (χ4v) is 2.64. The van der Waals surface area contributed by atoms with Crippen LogP contribution in [0.2, 0.25) is 0 Å². The number of aliphatic carboxylic acids is 1. The van der Waals surface area contributed by atoms with Gasteiger partial charge in [0.2, 0.25) is 0 Å². The maximum atomic E-state index is 11.4. The number of carbonyl (C=O) groups is 1. The average molecular weight is 298 g/mol. The van der Waals surface area contributed by atoms with Crippen LogP contribution in [-0.4, -0.2) is 16.2 Å². The molecule has 0 heterocycles. The molecule has 3 heteroatoms. The summed E-state index contributed by atoms with van der Waals surface area (Å²) in [6.07, 6.45) is 3.76. The molecule has 22 heavy (non-hydrogen) atoms. The van der Waals surface area contributed by atoms with Crippen molar-refractivity contribution in [3.63, 3.8) is 0 Å². The van der Waals surface area contributed by atoms with Crippen molar-refractivity contribution in [2.24, 2.45) is 5.92 Å². The molecule has 0 aromatic heterocycles. The van der Waals surface area contributed by atoms with E-state index in [4.69, 9.17) is 0 Å². The summed E-state index contributed by atoms with van der Waals surface area (Å²) >= 11 is 0. The fourth-order valence-electron chi connectivity index (χ4n) is 2.64. The lowest BCUT2D eigenvalue weighted by Gasteiger charge is -2.12. The lowest BCUT2D eigenvalue weighted by atomic mass is 9.93. The van der Waals surface area contributed by atoms with Crippen molar-refractivity contribution in [2.45, 2.75) is 32.1 Å². The molecule has 2 aromatic carbocycles. The van der Waals surface area contributed by atoms with E-state index in [1.807, 2.05) is 24.3 Å². The number of phenolic OH excluding ortho intramolecular Hbond substituents is 1. The lowest BCUT2D eigenvalue weighted by Crippen LogP contribution is -2.15. The molecule has 2 rings (SSSR count). The molecule has 0 aliphatic carbocycles. The zero-order chi connectivity index (χ0) is 15.8. The molecule has 0 fully saturated rings. The van der Waals surface area contributed by atoms with Gasteiger partial charge in [-0.15, -0.1) is 0 Å². The molecule has 0 radical (unpaired) electrons. The van der Waals surface area contributed by atoms with Crippen molar-refractivity contribution < 1.29 is 15.0 Å². The second kappa shape index (κ2) is 8.23. The Kier molecular flexibility index (Phi) is 6.01. The van der Waals surface area contributed by atoms with Gasteiger partial charge in [-0.3, -0.25) is 4.79 Å². The Labute approximate surface area is 131 Å². The molecule has 2 aromatic rings. The van der Waals surface area contributed by atoms with Gasteiger partial charge in [0.25, 0.3) is 0 Å². The van der Waals surface area contributed by atoms with E-state index in [1.165, 1.54) is 5.56 Å². The third-order valence-corrected chi connectivity index (χ3v) is 3.90. The molecule has 0 spiro atoms. The minimum atomic E-state index is -0.729. The van der Waals surface area contributed by atoms with Crippen LogP contribution in [0.3, 0.4) is 0 Å². The Hall–Kier alpha value is -2.29. The molecule has 3 nitrogen and oxygen atoms in total. The second-order valence-corrected chi connectivity index (χ2v) is 5.62. The third kappa shape index (κ3) is 5.24. The number of hydrogen-bond acceptors (Lipinski definition) is 2. The molecule has 1 unspecified atom stereocenters. The van der Waals surface area contributed by atoms with E-state index in [0.29, 0.717) is 19.3 Å². The maximum absolute atomic E-state index is 11.4. The molecule has 116 valence electrons. The Balaban J connectivity index is 1.81. The summed E-state index contributed by atoms with van der Waals surface area (Å²) < 4.78 is 0. The second-order valence-electron chi connectivity index (χ2n) is 5.62. The van der Waals surface area contributed by atoms with Crippen LogP contribution in [0.15, 0.2) is 54.6 Å². The summed E-state index contributed by atoms with van der Waals surface area (Å²) in [6, 6.07) is 17.2. The molecule has 0 saturated carbocycles. The fraction of sp³-hybridized carbons (Fsp3) is 0.316. The number of benzene rings is 2. The van der Waals surface area contributed by atoms with Gasteiger partial charge in [-0.1, -0.05) is 42.5 Å². The zero-order valence-electron chi connectivity index (χ0n) is 12.6. The number of hydrogen-bond donors (Lipinski definition) is 2. The Morgan fingerprint density at radius 2 is 1.64 bits per heavy atom. The van der Waals surface area contributed by atoms with Gasteiger partial charge in [0.15, 0.2) is 0 Å². The van der Waals surface area contributed by atoms with Crippen molar-refractivity contribution >= 4 is 5.97 Å². The normalized spacial score (nSPS) is 12.0. The quantitative estimate of drug-likeness (QED) is 0.773. The summed E-state index contributed by atoms with van der Waals surface area (Å²) in [4.78, 5) is 11.4. The van der Waals surface area contributed by atoms with Crippen molar-refractivity contribution in [3.05, 3.63) is 65.7 Å². The standard InChI is InChI=1S/C19H22O3/c20-18-11-5-9-16(14-18)12-13-17(19(21)22)10-4-8-15-6-2-1-3-7-15/h1-3,5-7,9,11,14,17,20H,4,8,10,12-13H2,(H,21,22). The van der Waals surface area contributed by atoms with Crippen LogP contribution in [0.4, 0.5) is 0 Å². The van der Waals surface area contributed by atoms with Crippen molar-refractivity contribution in [2.75, 3.05) is 0 Å². The average Bonchev–Trinajstić information content (AvgIpc) is 2.51. The number of rotatable bonds is 8. The molecular formula is C19H22O3. The first kappa shape index (κ1) is 16.1.